The van der Waals surface area contributed by atoms with Gasteiger partial charge >= 0.3 is 0 Å². The molecule has 8 heavy (non-hydrogen) atoms. The van der Waals surface area contributed by atoms with E-state index in [1.54, 1.807) is 13.8 Å². The van der Waals surface area contributed by atoms with Crippen LogP contribution < -0.4 is 0 Å². The average molecular weight is 117 g/mol. The fourth-order valence-corrected chi connectivity index (χ4v) is 0. The Balaban J connectivity index is 0. The second kappa shape index (κ2) is 9.69. The van der Waals surface area contributed by atoms with Crippen LogP contribution in [0.15, 0.2) is 5.16 Å². The lowest BCUT2D eigenvalue weighted by Gasteiger charge is -1.72. The minimum Gasteiger partial charge on any atom is -0.411 e. The zero-order valence-electron chi connectivity index (χ0n) is 6.10. The molecule has 0 atom stereocenters. The number of nitrogens with zero attached hydrogens (tertiary/aromatic N) is 1. The van der Waals surface area contributed by atoms with E-state index in [-0.39, 0.29) is 0 Å². The van der Waals surface area contributed by atoms with Gasteiger partial charge in [0.15, 0.2) is 0 Å². The van der Waals surface area contributed by atoms with Crippen molar-refractivity contribution in [1.29, 1.82) is 0 Å². The number of rotatable bonds is 0. The van der Waals surface area contributed by atoms with Gasteiger partial charge in [0.2, 0.25) is 0 Å². The normalized spacial score (nSPS) is 6.50. The first-order valence-corrected chi connectivity index (χ1v) is 2.84. The lowest BCUT2D eigenvalue weighted by Crippen LogP contribution is -1.74. The van der Waals surface area contributed by atoms with Crippen LogP contribution in [0, 0.1) is 0 Å². The van der Waals surface area contributed by atoms with Crippen LogP contribution in [0.1, 0.15) is 34.1 Å². The van der Waals surface area contributed by atoms with Crippen LogP contribution in [0.4, 0.5) is 0 Å². The van der Waals surface area contributed by atoms with E-state index in [0.29, 0.717) is 5.71 Å². The quantitative estimate of drug-likeness (QED) is 0.294. The lowest BCUT2D eigenvalue weighted by molar-refractivity contribution is 0.318. The fourth-order valence-electron chi connectivity index (χ4n) is 0. The summed E-state index contributed by atoms with van der Waals surface area (Å²) in [5.41, 5.74) is 0.685. The molecule has 50 valence electrons. The van der Waals surface area contributed by atoms with Gasteiger partial charge in [-0.2, -0.15) is 0 Å². The third-order valence-electron chi connectivity index (χ3n) is 0.200. The van der Waals surface area contributed by atoms with Gasteiger partial charge in [-0.05, 0) is 13.8 Å². The van der Waals surface area contributed by atoms with Crippen molar-refractivity contribution in [3.63, 3.8) is 0 Å². The summed E-state index contributed by atoms with van der Waals surface area (Å²) in [7, 11) is 0. The van der Waals surface area contributed by atoms with Gasteiger partial charge < -0.3 is 5.21 Å². The zero-order chi connectivity index (χ0) is 6.99. The molecule has 0 bridgehead atoms. The molecule has 0 fully saturated rings. The molecule has 0 saturated carbocycles. The first kappa shape index (κ1) is 10.5. The van der Waals surface area contributed by atoms with Crippen LogP contribution in [0.2, 0.25) is 0 Å². The predicted molar refractivity (Wildman–Crippen MR) is 36.5 cm³/mol. The number of hydrogen-bond donors (Lipinski definition) is 1. The third-order valence-corrected chi connectivity index (χ3v) is 0.200. The molecule has 2 nitrogen and oxygen atoms in total. The molecule has 0 rings (SSSR count). The lowest BCUT2D eigenvalue weighted by atomic mass is 10.5. The van der Waals surface area contributed by atoms with Crippen molar-refractivity contribution in [2.24, 2.45) is 5.16 Å². The van der Waals surface area contributed by atoms with Gasteiger partial charge in [-0.3, -0.25) is 0 Å². The van der Waals surface area contributed by atoms with Crippen LogP contribution in [-0.2, 0) is 0 Å². The Kier molecular flexibility index (Phi) is 12.7. The van der Waals surface area contributed by atoms with E-state index in [9.17, 15) is 0 Å². The van der Waals surface area contributed by atoms with E-state index >= 15 is 0 Å². The second-order valence-electron chi connectivity index (χ2n) is 1.75. The van der Waals surface area contributed by atoms with Crippen molar-refractivity contribution in [3.05, 3.63) is 0 Å². The summed E-state index contributed by atoms with van der Waals surface area (Å²) in [6.45, 7) is 7.69. The SMILES string of the molecule is CC(C)=NO.CCC. The van der Waals surface area contributed by atoms with Crippen molar-refractivity contribution < 1.29 is 5.21 Å². The standard InChI is InChI=1S/C3H7NO.C3H8/c1-3(2)4-5;1-3-2/h5H,1-2H3;3H2,1-2H3. The fraction of sp³-hybridized carbons (Fsp3) is 0.833. The molecule has 0 aliphatic rings. The molecule has 0 aromatic carbocycles. The minimum atomic E-state index is 0.685. The van der Waals surface area contributed by atoms with Crippen LogP contribution in [-0.4, -0.2) is 10.9 Å². The largest absolute Gasteiger partial charge is 0.411 e. The van der Waals surface area contributed by atoms with Crippen molar-refractivity contribution in [3.8, 4) is 0 Å². The molecule has 0 unspecified atom stereocenters. The first-order valence-electron chi connectivity index (χ1n) is 2.84. The van der Waals surface area contributed by atoms with E-state index in [0.717, 1.165) is 0 Å². The Labute approximate surface area is 51.2 Å². The maximum atomic E-state index is 7.73. The van der Waals surface area contributed by atoms with Gasteiger partial charge in [-0.1, -0.05) is 25.4 Å². The van der Waals surface area contributed by atoms with Crippen molar-refractivity contribution in [2.45, 2.75) is 34.1 Å². The van der Waals surface area contributed by atoms with E-state index in [4.69, 9.17) is 5.21 Å². The summed E-state index contributed by atoms with van der Waals surface area (Å²) in [5.74, 6) is 0. The van der Waals surface area contributed by atoms with Crippen LogP contribution in [0.25, 0.3) is 0 Å². The molecule has 2 heteroatoms. The maximum absolute atomic E-state index is 7.73. The highest BCUT2D eigenvalue weighted by atomic mass is 16.4. The molecular weight excluding hydrogens is 102 g/mol. The van der Waals surface area contributed by atoms with E-state index in [1.807, 2.05) is 0 Å². The van der Waals surface area contributed by atoms with Gasteiger partial charge in [0.1, 0.15) is 0 Å². The van der Waals surface area contributed by atoms with E-state index in [1.165, 1.54) is 6.42 Å². The van der Waals surface area contributed by atoms with Crippen molar-refractivity contribution >= 4 is 5.71 Å². The summed E-state index contributed by atoms with van der Waals surface area (Å²) >= 11 is 0. The molecule has 0 aliphatic carbocycles. The molecule has 0 aliphatic heterocycles. The smallest absolute Gasteiger partial charge is 0.0509 e. The van der Waals surface area contributed by atoms with Crippen LogP contribution in [0.5, 0.6) is 0 Å². The second-order valence-corrected chi connectivity index (χ2v) is 1.75. The summed E-state index contributed by atoms with van der Waals surface area (Å²) in [4.78, 5) is 0. The maximum Gasteiger partial charge on any atom is 0.0509 e. The topological polar surface area (TPSA) is 32.6 Å². The minimum absolute atomic E-state index is 0.685. The summed E-state index contributed by atoms with van der Waals surface area (Å²) in [6.07, 6.45) is 1.25. The number of oxime groups is 1. The predicted octanol–water partition coefficient (Wildman–Crippen LogP) is 2.27. The Morgan fingerprint density at radius 1 is 1.38 bits per heavy atom. The number of hydrogen-bond acceptors (Lipinski definition) is 2. The summed E-state index contributed by atoms with van der Waals surface area (Å²) < 4.78 is 0. The Morgan fingerprint density at radius 3 is 1.50 bits per heavy atom. The Hall–Kier alpha value is -0.530. The Morgan fingerprint density at radius 2 is 1.50 bits per heavy atom. The molecule has 0 aromatic rings. The Bertz CT molecular complexity index is 55.5. The van der Waals surface area contributed by atoms with Gasteiger partial charge in [0, 0.05) is 0 Å². The summed E-state index contributed by atoms with van der Waals surface area (Å²) in [5, 5.41) is 10.5. The average Bonchev–Trinajstić information content (AvgIpc) is 1.69. The van der Waals surface area contributed by atoms with Crippen molar-refractivity contribution in [1.82, 2.24) is 0 Å². The van der Waals surface area contributed by atoms with E-state index < -0.39 is 0 Å². The molecule has 0 aromatic heterocycles. The van der Waals surface area contributed by atoms with E-state index in [2.05, 4.69) is 19.0 Å². The van der Waals surface area contributed by atoms with Crippen molar-refractivity contribution in [2.75, 3.05) is 0 Å². The molecule has 0 amide bonds. The third kappa shape index (κ3) is 50.6. The highest BCUT2D eigenvalue weighted by Crippen LogP contribution is 1.62. The monoisotopic (exact) mass is 117 g/mol. The molecule has 0 radical (unpaired) electrons. The molecule has 1 N–H and O–H groups in total. The highest BCUT2D eigenvalue weighted by Gasteiger charge is 1.65. The van der Waals surface area contributed by atoms with Crippen LogP contribution >= 0.6 is 0 Å². The summed E-state index contributed by atoms with van der Waals surface area (Å²) in [6, 6.07) is 0. The van der Waals surface area contributed by atoms with Gasteiger partial charge in [-0.15, -0.1) is 0 Å². The molecule has 0 saturated heterocycles. The van der Waals surface area contributed by atoms with Crippen LogP contribution in [0.3, 0.4) is 0 Å². The highest BCUT2D eigenvalue weighted by molar-refractivity contribution is 5.78. The van der Waals surface area contributed by atoms with Gasteiger partial charge in [0.05, 0.1) is 5.71 Å². The van der Waals surface area contributed by atoms with Gasteiger partial charge in [-0.25, -0.2) is 0 Å². The van der Waals surface area contributed by atoms with Gasteiger partial charge in [0.25, 0.3) is 0 Å². The zero-order valence-corrected chi connectivity index (χ0v) is 6.10. The molecule has 0 heterocycles. The first-order chi connectivity index (χ1) is 3.68. The molecule has 0 spiro atoms. The molecular formula is C6H15NO.